The first kappa shape index (κ1) is 22.6. The second-order valence-corrected chi connectivity index (χ2v) is 7.96. The van der Waals surface area contributed by atoms with E-state index in [9.17, 15) is 9.59 Å². The third-order valence-electron chi connectivity index (χ3n) is 5.25. The summed E-state index contributed by atoms with van der Waals surface area (Å²) in [4.78, 5) is 45.3. The van der Waals surface area contributed by atoms with Gasteiger partial charge in [0.2, 0.25) is 0 Å². The predicted molar refractivity (Wildman–Crippen MR) is 117 cm³/mol. The Balaban J connectivity index is 1.75. The zero-order valence-corrected chi connectivity index (χ0v) is 18.8. The highest BCUT2D eigenvalue weighted by Gasteiger charge is 2.32. The van der Waals surface area contributed by atoms with Crippen molar-refractivity contribution in [2.75, 3.05) is 22.9 Å². The van der Waals surface area contributed by atoms with E-state index in [0.29, 0.717) is 12.2 Å². The minimum Gasteiger partial charge on any atom is -0.454 e. The molecule has 1 saturated heterocycles. The maximum atomic E-state index is 11.8. The number of Topliss-reactive ketones (excluding diaryl/α,β-unsaturated/α-hetero) is 1. The number of anilines is 2. The summed E-state index contributed by atoms with van der Waals surface area (Å²) >= 11 is 0. The Kier molecular flexibility index (Phi) is 7.14. The standard InChI is InChI=1S/C22H30N6O3/c1-6-7-20(30)31-17(5)22-24-11-9-19(26-22)28-14(2)12-27(13-15(28)3)18-8-10-23-21(25-18)16(4)29/h8-11,14-15,17H,6-7,12-13H2,1-5H3/t14-,15+,17-/m1/s1. The molecule has 31 heavy (non-hydrogen) atoms. The average Bonchev–Trinajstić information content (AvgIpc) is 2.73. The summed E-state index contributed by atoms with van der Waals surface area (Å²) in [5.74, 6) is 1.88. The number of hydrogen-bond donors (Lipinski definition) is 0. The molecule has 0 aromatic carbocycles. The third kappa shape index (κ3) is 5.34. The van der Waals surface area contributed by atoms with E-state index in [2.05, 4.69) is 38.6 Å². The summed E-state index contributed by atoms with van der Waals surface area (Å²) in [7, 11) is 0. The minimum atomic E-state index is -0.503. The monoisotopic (exact) mass is 426 g/mol. The van der Waals surface area contributed by atoms with E-state index >= 15 is 0 Å². The van der Waals surface area contributed by atoms with Gasteiger partial charge in [0, 0.05) is 50.9 Å². The lowest BCUT2D eigenvalue weighted by atomic mass is 10.1. The number of ether oxygens (including phenoxy) is 1. The second-order valence-electron chi connectivity index (χ2n) is 7.96. The van der Waals surface area contributed by atoms with E-state index in [1.165, 1.54) is 6.92 Å². The van der Waals surface area contributed by atoms with Crippen molar-refractivity contribution in [3.8, 4) is 0 Å². The van der Waals surface area contributed by atoms with Crippen LogP contribution < -0.4 is 9.80 Å². The van der Waals surface area contributed by atoms with Gasteiger partial charge in [0.05, 0.1) is 0 Å². The summed E-state index contributed by atoms with van der Waals surface area (Å²) in [6.07, 6.45) is 3.95. The van der Waals surface area contributed by atoms with Gasteiger partial charge in [-0.3, -0.25) is 9.59 Å². The van der Waals surface area contributed by atoms with Gasteiger partial charge in [-0.05, 0) is 39.3 Å². The molecule has 2 aromatic heterocycles. The van der Waals surface area contributed by atoms with Crippen molar-refractivity contribution in [3.05, 3.63) is 36.2 Å². The second kappa shape index (κ2) is 9.80. The van der Waals surface area contributed by atoms with Crippen LogP contribution in [0.3, 0.4) is 0 Å². The molecule has 166 valence electrons. The van der Waals surface area contributed by atoms with Crippen LogP contribution >= 0.6 is 0 Å². The summed E-state index contributed by atoms with van der Waals surface area (Å²) < 4.78 is 5.45. The molecule has 0 radical (unpaired) electrons. The SMILES string of the molecule is CCCC(=O)O[C@H](C)c1nccc(N2[C@H](C)CN(c3ccnc(C(C)=O)n3)C[C@@H]2C)n1. The largest absolute Gasteiger partial charge is 0.454 e. The first-order chi connectivity index (χ1) is 14.8. The van der Waals surface area contributed by atoms with Crippen LogP contribution in [-0.2, 0) is 9.53 Å². The van der Waals surface area contributed by atoms with Gasteiger partial charge >= 0.3 is 5.97 Å². The molecule has 0 saturated carbocycles. The van der Waals surface area contributed by atoms with Crippen molar-refractivity contribution in [2.24, 2.45) is 0 Å². The fourth-order valence-electron chi connectivity index (χ4n) is 3.87. The average molecular weight is 427 g/mol. The van der Waals surface area contributed by atoms with Crippen LogP contribution in [-0.4, -0.2) is 56.9 Å². The van der Waals surface area contributed by atoms with Gasteiger partial charge in [0.25, 0.3) is 0 Å². The number of ketones is 1. The van der Waals surface area contributed by atoms with Crippen molar-refractivity contribution in [2.45, 2.75) is 65.6 Å². The van der Waals surface area contributed by atoms with E-state index in [1.807, 2.05) is 19.1 Å². The van der Waals surface area contributed by atoms with Gasteiger partial charge in [-0.25, -0.2) is 19.9 Å². The molecule has 9 nitrogen and oxygen atoms in total. The van der Waals surface area contributed by atoms with E-state index in [4.69, 9.17) is 9.72 Å². The molecule has 0 unspecified atom stereocenters. The fraction of sp³-hybridized carbons (Fsp3) is 0.545. The van der Waals surface area contributed by atoms with Gasteiger partial charge < -0.3 is 14.5 Å². The van der Waals surface area contributed by atoms with Gasteiger partial charge in [-0.2, -0.15) is 0 Å². The molecular weight excluding hydrogens is 396 g/mol. The molecule has 0 N–H and O–H groups in total. The Hall–Kier alpha value is -3.10. The molecule has 0 aliphatic carbocycles. The third-order valence-corrected chi connectivity index (χ3v) is 5.25. The number of nitrogens with zero attached hydrogens (tertiary/aromatic N) is 6. The minimum absolute atomic E-state index is 0.139. The van der Waals surface area contributed by atoms with Crippen LogP contribution in [0.5, 0.6) is 0 Å². The Morgan fingerprint density at radius 2 is 1.74 bits per heavy atom. The molecule has 9 heteroatoms. The highest BCUT2D eigenvalue weighted by Crippen LogP contribution is 2.26. The van der Waals surface area contributed by atoms with Crippen LogP contribution in [0.25, 0.3) is 0 Å². The molecule has 3 rings (SSSR count). The smallest absolute Gasteiger partial charge is 0.306 e. The molecule has 1 aliphatic heterocycles. The van der Waals surface area contributed by atoms with E-state index in [1.54, 1.807) is 19.3 Å². The maximum absolute atomic E-state index is 11.8. The molecule has 0 spiro atoms. The molecule has 1 fully saturated rings. The number of esters is 1. The quantitative estimate of drug-likeness (QED) is 0.488. The number of rotatable bonds is 7. The maximum Gasteiger partial charge on any atom is 0.306 e. The first-order valence-corrected chi connectivity index (χ1v) is 10.7. The van der Waals surface area contributed by atoms with Gasteiger partial charge in [0.1, 0.15) is 11.6 Å². The normalized spacial score (nSPS) is 19.8. The number of carbonyl (C=O) groups is 2. The molecule has 0 bridgehead atoms. The van der Waals surface area contributed by atoms with E-state index in [0.717, 1.165) is 31.1 Å². The Bertz CT molecular complexity index is 925. The lowest BCUT2D eigenvalue weighted by molar-refractivity contribution is -0.149. The molecule has 3 heterocycles. The molecule has 3 atom stereocenters. The fourth-order valence-corrected chi connectivity index (χ4v) is 3.87. The summed E-state index contributed by atoms with van der Waals surface area (Å²) in [5, 5.41) is 0. The highest BCUT2D eigenvalue weighted by atomic mass is 16.5. The van der Waals surface area contributed by atoms with E-state index in [-0.39, 0.29) is 29.7 Å². The Morgan fingerprint density at radius 3 is 2.39 bits per heavy atom. The molecule has 2 aromatic rings. The zero-order chi connectivity index (χ0) is 22.5. The van der Waals surface area contributed by atoms with Crippen LogP contribution in [0.15, 0.2) is 24.5 Å². The predicted octanol–water partition coefficient (Wildman–Crippen LogP) is 2.98. The lowest BCUT2D eigenvalue weighted by Gasteiger charge is -2.45. The van der Waals surface area contributed by atoms with Gasteiger partial charge in [0.15, 0.2) is 23.5 Å². The number of hydrogen-bond acceptors (Lipinski definition) is 9. The molecular formula is C22H30N6O3. The van der Waals surface area contributed by atoms with Gasteiger partial charge in [-0.1, -0.05) is 6.92 Å². The summed E-state index contributed by atoms with van der Waals surface area (Å²) in [6.45, 7) is 10.9. The Morgan fingerprint density at radius 1 is 1.10 bits per heavy atom. The Labute approximate surface area is 182 Å². The van der Waals surface area contributed by atoms with Crippen LogP contribution in [0.2, 0.25) is 0 Å². The van der Waals surface area contributed by atoms with Crippen molar-refractivity contribution >= 4 is 23.4 Å². The van der Waals surface area contributed by atoms with Crippen molar-refractivity contribution in [1.29, 1.82) is 0 Å². The van der Waals surface area contributed by atoms with Crippen molar-refractivity contribution in [3.63, 3.8) is 0 Å². The van der Waals surface area contributed by atoms with Crippen LogP contribution in [0.1, 0.15) is 70.0 Å². The molecule has 0 amide bonds. The lowest BCUT2D eigenvalue weighted by Crippen LogP contribution is -2.57. The summed E-state index contributed by atoms with van der Waals surface area (Å²) in [6, 6.07) is 3.99. The topological polar surface area (TPSA) is 101 Å². The van der Waals surface area contributed by atoms with Crippen LogP contribution in [0, 0.1) is 0 Å². The number of aromatic nitrogens is 4. The molecule has 1 aliphatic rings. The van der Waals surface area contributed by atoms with Gasteiger partial charge in [-0.15, -0.1) is 0 Å². The van der Waals surface area contributed by atoms with E-state index < -0.39 is 6.10 Å². The summed E-state index contributed by atoms with van der Waals surface area (Å²) in [5.41, 5.74) is 0. The first-order valence-electron chi connectivity index (χ1n) is 10.7. The van der Waals surface area contributed by atoms with Crippen LogP contribution in [0.4, 0.5) is 11.6 Å². The van der Waals surface area contributed by atoms with Crippen molar-refractivity contribution in [1.82, 2.24) is 19.9 Å². The zero-order valence-electron chi connectivity index (χ0n) is 18.8. The highest BCUT2D eigenvalue weighted by molar-refractivity contribution is 5.90. The number of carbonyl (C=O) groups excluding carboxylic acids is 2. The van der Waals surface area contributed by atoms with Crippen molar-refractivity contribution < 1.29 is 14.3 Å². The number of piperazine rings is 1.